The lowest BCUT2D eigenvalue weighted by Gasteiger charge is -2.19. The maximum Gasteiger partial charge on any atom is 0.266 e. The van der Waals surface area contributed by atoms with Gasteiger partial charge in [-0.25, -0.2) is 0 Å². The van der Waals surface area contributed by atoms with Gasteiger partial charge in [-0.1, -0.05) is 30.3 Å². The lowest BCUT2D eigenvalue weighted by atomic mass is 10.1. The van der Waals surface area contributed by atoms with E-state index in [1.54, 1.807) is 24.3 Å². The van der Waals surface area contributed by atoms with Crippen molar-refractivity contribution < 1.29 is 9.53 Å². The lowest BCUT2D eigenvalue weighted by molar-refractivity contribution is -0.128. The summed E-state index contributed by atoms with van der Waals surface area (Å²) in [6, 6.07) is 18.5. The summed E-state index contributed by atoms with van der Waals surface area (Å²) >= 11 is 0. The molecule has 1 aliphatic carbocycles. The van der Waals surface area contributed by atoms with Crippen LogP contribution in [-0.2, 0) is 4.79 Å². The number of nitriles is 1. The monoisotopic (exact) mass is 292 g/mol. The van der Waals surface area contributed by atoms with E-state index in [1.165, 1.54) is 0 Å². The number of hydrogen-bond donors (Lipinski definition) is 1. The van der Waals surface area contributed by atoms with E-state index in [-0.39, 0.29) is 11.9 Å². The van der Waals surface area contributed by atoms with Crippen molar-refractivity contribution in [3.63, 3.8) is 0 Å². The van der Waals surface area contributed by atoms with Gasteiger partial charge >= 0.3 is 0 Å². The summed E-state index contributed by atoms with van der Waals surface area (Å²) in [5.41, 5.74) is 1.37. The minimum Gasteiger partial charge on any atom is -0.476 e. The molecule has 0 saturated heterocycles. The first-order valence-electron chi connectivity index (χ1n) is 7.28. The molecule has 0 aromatic heterocycles. The number of benzene rings is 2. The van der Waals surface area contributed by atoms with E-state index >= 15 is 0 Å². The van der Waals surface area contributed by atoms with Crippen LogP contribution < -0.4 is 10.1 Å². The zero-order valence-electron chi connectivity index (χ0n) is 12.0. The fourth-order valence-corrected chi connectivity index (χ4v) is 2.15. The zero-order valence-corrected chi connectivity index (χ0v) is 12.0. The minimum absolute atomic E-state index is 0.127. The van der Waals surface area contributed by atoms with Gasteiger partial charge in [0.1, 0.15) is 5.75 Å². The van der Waals surface area contributed by atoms with E-state index in [1.807, 2.05) is 30.3 Å². The molecule has 2 aromatic carbocycles. The molecule has 1 unspecified atom stereocenters. The van der Waals surface area contributed by atoms with Crippen molar-refractivity contribution in [2.75, 3.05) is 0 Å². The summed E-state index contributed by atoms with van der Waals surface area (Å²) < 4.78 is 5.87. The Bertz CT molecular complexity index is 685. The number of carbonyl (C=O) groups is 1. The van der Waals surface area contributed by atoms with E-state index in [4.69, 9.17) is 10.00 Å². The average molecular weight is 292 g/mol. The molecule has 0 radical (unpaired) electrons. The molecule has 0 spiro atoms. The van der Waals surface area contributed by atoms with Gasteiger partial charge in [-0.05, 0) is 37.1 Å². The quantitative estimate of drug-likeness (QED) is 0.921. The van der Waals surface area contributed by atoms with Crippen LogP contribution in [0, 0.1) is 11.3 Å². The predicted molar refractivity (Wildman–Crippen MR) is 82.1 cm³/mol. The van der Waals surface area contributed by atoms with Gasteiger partial charge in [-0.15, -0.1) is 0 Å². The van der Waals surface area contributed by atoms with Crippen molar-refractivity contribution in [1.82, 2.24) is 5.32 Å². The largest absolute Gasteiger partial charge is 0.476 e. The molecule has 1 fully saturated rings. The van der Waals surface area contributed by atoms with Crippen LogP contribution in [0.5, 0.6) is 5.75 Å². The fraction of sp³-hybridized carbons (Fsp3) is 0.222. The van der Waals surface area contributed by atoms with Gasteiger partial charge in [0, 0.05) is 11.6 Å². The number of ether oxygens (including phenoxy) is 1. The minimum atomic E-state index is -0.685. The summed E-state index contributed by atoms with van der Waals surface area (Å²) in [6.45, 7) is 0. The van der Waals surface area contributed by atoms with E-state index in [0.717, 1.165) is 18.4 Å². The van der Waals surface area contributed by atoms with Gasteiger partial charge in [0.25, 0.3) is 5.91 Å². The molecular formula is C18H16N2O2. The van der Waals surface area contributed by atoms with Crippen molar-refractivity contribution in [2.24, 2.45) is 0 Å². The number of amides is 1. The van der Waals surface area contributed by atoms with Crippen molar-refractivity contribution in [3.8, 4) is 11.8 Å². The SMILES string of the molecule is N#Cc1ccc(OC(C(=O)NC2CC2)c2ccccc2)cc1. The Hall–Kier alpha value is -2.80. The molecule has 1 atom stereocenters. The molecule has 4 nitrogen and oxygen atoms in total. The normalized spacial score (nSPS) is 14.7. The number of hydrogen-bond acceptors (Lipinski definition) is 3. The first kappa shape index (κ1) is 14.2. The van der Waals surface area contributed by atoms with E-state index in [2.05, 4.69) is 11.4 Å². The first-order valence-corrected chi connectivity index (χ1v) is 7.28. The Kier molecular flexibility index (Phi) is 4.06. The van der Waals surface area contributed by atoms with Gasteiger partial charge in [-0.2, -0.15) is 5.26 Å². The second kappa shape index (κ2) is 6.31. The van der Waals surface area contributed by atoms with Crippen LogP contribution in [0.2, 0.25) is 0 Å². The van der Waals surface area contributed by atoms with Gasteiger partial charge in [0.05, 0.1) is 11.6 Å². The van der Waals surface area contributed by atoms with Gasteiger partial charge in [0.15, 0.2) is 0 Å². The van der Waals surface area contributed by atoms with Crippen molar-refractivity contribution in [2.45, 2.75) is 25.0 Å². The lowest BCUT2D eigenvalue weighted by Crippen LogP contribution is -2.33. The molecule has 1 aliphatic rings. The van der Waals surface area contributed by atoms with Gasteiger partial charge in [-0.3, -0.25) is 4.79 Å². The second-order valence-corrected chi connectivity index (χ2v) is 5.33. The average Bonchev–Trinajstić information content (AvgIpc) is 3.38. The Morgan fingerprint density at radius 1 is 1.14 bits per heavy atom. The van der Waals surface area contributed by atoms with Crippen LogP contribution in [0.3, 0.4) is 0 Å². The number of nitrogens with zero attached hydrogens (tertiary/aromatic N) is 1. The molecule has 0 heterocycles. The zero-order chi connectivity index (χ0) is 15.4. The first-order chi connectivity index (χ1) is 10.8. The number of carbonyl (C=O) groups excluding carboxylic acids is 1. The summed E-state index contributed by atoms with van der Waals surface area (Å²) in [5.74, 6) is 0.442. The van der Waals surface area contributed by atoms with Gasteiger partial charge in [0.2, 0.25) is 6.10 Å². The van der Waals surface area contributed by atoms with E-state index < -0.39 is 6.10 Å². The standard InChI is InChI=1S/C18H16N2O2/c19-12-13-6-10-16(11-7-13)22-17(14-4-2-1-3-5-14)18(21)20-15-8-9-15/h1-7,10-11,15,17H,8-9H2,(H,20,21). The summed E-state index contributed by atoms with van der Waals surface area (Å²) in [7, 11) is 0. The second-order valence-electron chi connectivity index (χ2n) is 5.33. The van der Waals surface area contributed by atoms with Crippen molar-refractivity contribution >= 4 is 5.91 Å². The Labute approximate surface area is 129 Å². The molecular weight excluding hydrogens is 276 g/mol. The Morgan fingerprint density at radius 3 is 2.41 bits per heavy atom. The molecule has 110 valence electrons. The summed E-state index contributed by atoms with van der Waals surface area (Å²) in [5, 5.41) is 11.8. The maximum absolute atomic E-state index is 12.4. The molecule has 3 rings (SSSR count). The highest BCUT2D eigenvalue weighted by Crippen LogP contribution is 2.25. The fourth-order valence-electron chi connectivity index (χ4n) is 2.15. The predicted octanol–water partition coefficient (Wildman–Crippen LogP) is 2.96. The third kappa shape index (κ3) is 3.44. The van der Waals surface area contributed by atoms with Crippen LogP contribution >= 0.6 is 0 Å². The van der Waals surface area contributed by atoms with Gasteiger partial charge < -0.3 is 10.1 Å². The Balaban J connectivity index is 1.80. The molecule has 1 amide bonds. The molecule has 4 heteroatoms. The number of rotatable bonds is 5. The molecule has 0 bridgehead atoms. The Morgan fingerprint density at radius 2 is 1.82 bits per heavy atom. The molecule has 0 aliphatic heterocycles. The highest BCUT2D eigenvalue weighted by Gasteiger charge is 2.29. The van der Waals surface area contributed by atoms with Crippen LogP contribution in [0.4, 0.5) is 0 Å². The molecule has 2 aromatic rings. The third-order valence-electron chi connectivity index (χ3n) is 3.50. The smallest absolute Gasteiger partial charge is 0.266 e. The van der Waals surface area contributed by atoms with E-state index in [9.17, 15) is 4.79 Å². The van der Waals surface area contributed by atoms with Crippen LogP contribution in [0.1, 0.15) is 30.1 Å². The molecule has 1 saturated carbocycles. The molecule has 1 N–H and O–H groups in total. The third-order valence-corrected chi connectivity index (χ3v) is 3.50. The van der Waals surface area contributed by atoms with E-state index in [0.29, 0.717) is 11.3 Å². The topological polar surface area (TPSA) is 62.1 Å². The van der Waals surface area contributed by atoms with Crippen molar-refractivity contribution in [1.29, 1.82) is 5.26 Å². The van der Waals surface area contributed by atoms with Crippen molar-refractivity contribution in [3.05, 3.63) is 65.7 Å². The maximum atomic E-state index is 12.4. The van der Waals surface area contributed by atoms with Crippen LogP contribution in [0.25, 0.3) is 0 Å². The number of nitrogens with one attached hydrogen (secondary N) is 1. The van der Waals surface area contributed by atoms with Crippen LogP contribution in [0.15, 0.2) is 54.6 Å². The summed E-state index contributed by atoms with van der Waals surface area (Å²) in [6.07, 6.45) is 1.38. The summed E-state index contributed by atoms with van der Waals surface area (Å²) in [4.78, 5) is 12.4. The highest BCUT2D eigenvalue weighted by atomic mass is 16.5. The highest BCUT2D eigenvalue weighted by molar-refractivity contribution is 5.83. The van der Waals surface area contributed by atoms with Crippen LogP contribution in [-0.4, -0.2) is 11.9 Å². The molecule has 22 heavy (non-hydrogen) atoms.